The lowest BCUT2D eigenvalue weighted by molar-refractivity contribution is 0.212. The predicted molar refractivity (Wildman–Crippen MR) is 112 cm³/mol. The van der Waals surface area contributed by atoms with Crippen LogP contribution in [0.15, 0.2) is 34.6 Å². The van der Waals surface area contributed by atoms with Crippen molar-refractivity contribution in [3.63, 3.8) is 0 Å². The molecule has 0 aliphatic heterocycles. The van der Waals surface area contributed by atoms with E-state index in [1.54, 1.807) is 36.6 Å². The van der Waals surface area contributed by atoms with Gasteiger partial charge in [-0.25, -0.2) is 9.37 Å². The van der Waals surface area contributed by atoms with Crippen LogP contribution in [0.4, 0.5) is 4.39 Å². The summed E-state index contributed by atoms with van der Waals surface area (Å²) in [7, 11) is 3.68. The van der Waals surface area contributed by atoms with Crippen molar-refractivity contribution in [1.29, 1.82) is 0 Å². The van der Waals surface area contributed by atoms with Crippen LogP contribution in [-0.4, -0.2) is 42.6 Å². The molecule has 0 aliphatic carbocycles. The van der Waals surface area contributed by atoms with E-state index in [0.717, 1.165) is 16.7 Å². The van der Waals surface area contributed by atoms with E-state index in [4.69, 9.17) is 4.74 Å². The van der Waals surface area contributed by atoms with Gasteiger partial charge in [-0.1, -0.05) is 12.1 Å². The molecule has 25 heavy (non-hydrogen) atoms. The third-order valence-corrected chi connectivity index (χ3v) is 4.17. The minimum atomic E-state index is -0.357. The third kappa shape index (κ3) is 6.77. The van der Waals surface area contributed by atoms with Crippen molar-refractivity contribution < 1.29 is 9.13 Å². The van der Waals surface area contributed by atoms with Crippen molar-refractivity contribution in [2.75, 3.05) is 20.6 Å². The minimum absolute atomic E-state index is 0. The van der Waals surface area contributed by atoms with Gasteiger partial charge >= 0.3 is 0 Å². The summed E-state index contributed by atoms with van der Waals surface area (Å²) in [5.41, 5.74) is 1.01. The lowest BCUT2D eigenvalue weighted by atomic mass is 10.3. The molecule has 1 atom stereocenters. The standard InChI is InChI=1S/C17H23FN4OS.HI/c1-12(23-16-8-6-5-7-15(16)18)9-20-17(19-3)22(4)10-14-11-24-13(2)21-14;/h5-8,11-12H,9-10H2,1-4H3,(H,19,20);1H. The highest BCUT2D eigenvalue weighted by atomic mass is 127. The molecule has 1 aromatic heterocycles. The van der Waals surface area contributed by atoms with Crippen molar-refractivity contribution in [2.45, 2.75) is 26.5 Å². The number of halogens is 2. The second kappa shape index (κ2) is 10.5. The molecule has 1 heterocycles. The quantitative estimate of drug-likeness (QED) is 0.391. The maximum atomic E-state index is 13.6. The van der Waals surface area contributed by atoms with Crippen LogP contribution in [0.1, 0.15) is 17.6 Å². The van der Waals surface area contributed by atoms with Crippen LogP contribution in [0.25, 0.3) is 0 Å². The van der Waals surface area contributed by atoms with E-state index in [-0.39, 0.29) is 41.6 Å². The molecule has 1 aromatic carbocycles. The first-order valence-electron chi connectivity index (χ1n) is 7.73. The number of nitrogens with zero attached hydrogens (tertiary/aromatic N) is 3. The second-order valence-electron chi connectivity index (χ2n) is 5.50. The Morgan fingerprint density at radius 1 is 1.44 bits per heavy atom. The van der Waals surface area contributed by atoms with E-state index in [0.29, 0.717) is 13.1 Å². The zero-order chi connectivity index (χ0) is 17.5. The van der Waals surface area contributed by atoms with Gasteiger partial charge in [0.2, 0.25) is 0 Å². The Hall–Kier alpha value is -1.42. The first-order chi connectivity index (χ1) is 11.5. The number of guanidine groups is 1. The summed E-state index contributed by atoms with van der Waals surface area (Å²) in [5.74, 6) is 0.641. The van der Waals surface area contributed by atoms with E-state index in [1.165, 1.54) is 6.07 Å². The fourth-order valence-corrected chi connectivity index (χ4v) is 2.82. The van der Waals surface area contributed by atoms with Gasteiger partial charge in [-0.15, -0.1) is 35.3 Å². The Morgan fingerprint density at radius 3 is 2.76 bits per heavy atom. The Balaban J connectivity index is 0.00000312. The van der Waals surface area contributed by atoms with E-state index in [1.807, 2.05) is 31.2 Å². The number of nitrogens with one attached hydrogen (secondary N) is 1. The minimum Gasteiger partial charge on any atom is -0.486 e. The maximum Gasteiger partial charge on any atom is 0.193 e. The molecular weight excluding hydrogens is 454 g/mol. The molecule has 2 rings (SSSR count). The molecule has 0 bridgehead atoms. The molecule has 8 heteroatoms. The second-order valence-corrected chi connectivity index (χ2v) is 6.56. The summed E-state index contributed by atoms with van der Waals surface area (Å²) in [4.78, 5) is 10.7. The van der Waals surface area contributed by atoms with Gasteiger partial charge in [-0.2, -0.15) is 0 Å². The first-order valence-corrected chi connectivity index (χ1v) is 8.61. The lowest BCUT2D eigenvalue weighted by Crippen LogP contribution is -2.42. The number of para-hydroxylation sites is 1. The number of aromatic nitrogens is 1. The summed E-state index contributed by atoms with van der Waals surface area (Å²) in [6, 6.07) is 6.40. The van der Waals surface area contributed by atoms with Crippen LogP contribution in [0, 0.1) is 12.7 Å². The van der Waals surface area contributed by atoms with Gasteiger partial charge < -0.3 is 15.0 Å². The van der Waals surface area contributed by atoms with Crippen LogP contribution < -0.4 is 10.1 Å². The van der Waals surface area contributed by atoms with Crippen molar-refractivity contribution in [3.05, 3.63) is 46.2 Å². The zero-order valence-corrected chi connectivity index (χ0v) is 18.0. The number of benzene rings is 1. The number of hydrogen-bond acceptors (Lipinski definition) is 4. The maximum absolute atomic E-state index is 13.6. The Bertz CT molecular complexity index is 695. The fraction of sp³-hybridized carbons (Fsp3) is 0.412. The Labute approximate surface area is 169 Å². The molecule has 5 nitrogen and oxygen atoms in total. The summed E-state index contributed by atoms with van der Waals surface area (Å²) in [5, 5.41) is 6.33. The molecule has 0 aliphatic rings. The fourth-order valence-electron chi connectivity index (χ4n) is 2.22. The largest absolute Gasteiger partial charge is 0.486 e. The van der Waals surface area contributed by atoms with Crippen LogP contribution in [0.3, 0.4) is 0 Å². The van der Waals surface area contributed by atoms with Gasteiger partial charge in [-0.05, 0) is 26.0 Å². The molecule has 0 fully saturated rings. The van der Waals surface area contributed by atoms with Gasteiger partial charge in [0.1, 0.15) is 6.10 Å². The third-order valence-electron chi connectivity index (χ3n) is 3.35. The van der Waals surface area contributed by atoms with Crippen LogP contribution in [0.2, 0.25) is 0 Å². The van der Waals surface area contributed by atoms with Crippen molar-refractivity contribution in [3.8, 4) is 5.75 Å². The highest BCUT2D eigenvalue weighted by molar-refractivity contribution is 14.0. The van der Waals surface area contributed by atoms with E-state index >= 15 is 0 Å². The molecule has 0 radical (unpaired) electrons. The molecule has 138 valence electrons. The molecular formula is C17H24FIN4OS. The SMILES string of the molecule is CN=C(NCC(C)Oc1ccccc1F)N(C)Cc1csc(C)n1.I. The number of rotatable bonds is 6. The number of aliphatic imine (C=N–C) groups is 1. The van der Waals surface area contributed by atoms with Crippen LogP contribution in [0.5, 0.6) is 5.75 Å². The first kappa shape index (κ1) is 21.6. The van der Waals surface area contributed by atoms with Gasteiger partial charge in [0.15, 0.2) is 17.5 Å². The van der Waals surface area contributed by atoms with E-state index in [9.17, 15) is 4.39 Å². The average Bonchev–Trinajstić information content (AvgIpc) is 2.95. The molecule has 0 spiro atoms. The highest BCUT2D eigenvalue weighted by Crippen LogP contribution is 2.16. The predicted octanol–water partition coefficient (Wildman–Crippen LogP) is 3.68. The van der Waals surface area contributed by atoms with Crippen molar-refractivity contribution in [1.82, 2.24) is 15.2 Å². The normalized spacial score (nSPS) is 12.3. The summed E-state index contributed by atoms with van der Waals surface area (Å²) in [6.07, 6.45) is -0.200. The number of hydrogen-bond donors (Lipinski definition) is 1. The van der Waals surface area contributed by atoms with Gasteiger partial charge in [0.05, 0.1) is 23.8 Å². The lowest BCUT2D eigenvalue weighted by Gasteiger charge is -2.23. The van der Waals surface area contributed by atoms with E-state index < -0.39 is 0 Å². The van der Waals surface area contributed by atoms with Crippen molar-refractivity contribution >= 4 is 41.3 Å². The van der Waals surface area contributed by atoms with Gasteiger partial charge in [0.25, 0.3) is 0 Å². The summed E-state index contributed by atoms with van der Waals surface area (Å²) < 4.78 is 19.2. The Kier molecular flexibility index (Phi) is 9.12. The topological polar surface area (TPSA) is 49.8 Å². The molecule has 1 unspecified atom stereocenters. The monoisotopic (exact) mass is 478 g/mol. The molecule has 0 saturated heterocycles. The number of thiazole rings is 1. The highest BCUT2D eigenvalue weighted by Gasteiger charge is 2.12. The molecule has 2 aromatic rings. The Morgan fingerprint density at radius 2 is 2.16 bits per heavy atom. The van der Waals surface area contributed by atoms with Crippen LogP contribution in [-0.2, 0) is 6.54 Å². The van der Waals surface area contributed by atoms with Crippen molar-refractivity contribution in [2.24, 2.45) is 4.99 Å². The zero-order valence-electron chi connectivity index (χ0n) is 14.8. The molecule has 0 saturated carbocycles. The van der Waals surface area contributed by atoms with Gasteiger partial charge in [0, 0.05) is 19.5 Å². The smallest absolute Gasteiger partial charge is 0.193 e. The average molecular weight is 478 g/mol. The molecule has 1 N–H and O–H groups in total. The summed E-state index contributed by atoms with van der Waals surface area (Å²) >= 11 is 1.63. The number of aryl methyl sites for hydroxylation is 1. The van der Waals surface area contributed by atoms with Gasteiger partial charge in [-0.3, -0.25) is 4.99 Å². The molecule has 0 amide bonds. The van der Waals surface area contributed by atoms with Crippen LogP contribution >= 0.6 is 35.3 Å². The summed E-state index contributed by atoms with van der Waals surface area (Å²) in [6.45, 7) is 5.06. The van der Waals surface area contributed by atoms with E-state index in [2.05, 4.69) is 15.3 Å². The number of ether oxygens (including phenoxy) is 1.